The first kappa shape index (κ1) is 13.4. The van der Waals surface area contributed by atoms with Crippen molar-refractivity contribution >= 4 is 17.4 Å². The van der Waals surface area contributed by atoms with Crippen molar-refractivity contribution in [2.45, 2.75) is 39.2 Å². The SMILES string of the molecule is COc1ncc(Cl)c(NC2CCCC(C)C2C)n1. The monoisotopic (exact) mass is 269 g/mol. The molecule has 1 aromatic rings. The maximum absolute atomic E-state index is 6.11. The van der Waals surface area contributed by atoms with E-state index >= 15 is 0 Å². The van der Waals surface area contributed by atoms with Crippen LogP contribution < -0.4 is 10.1 Å². The van der Waals surface area contributed by atoms with Crippen LogP contribution in [-0.4, -0.2) is 23.1 Å². The fourth-order valence-corrected chi connectivity index (χ4v) is 2.66. The van der Waals surface area contributed by atoms with Gasteiger partial charge in [0.2, 0.25) is 0 Å². The summed E-state index contributed by atoms with van der Waals surface area (Å²) in [5.74, 6) is 2.03. The molecule has 1 aliphatic rings. The fraction of sp³-hybridized carbons (Fsp3) is 0.692. The van der Waals surface area contributed by atoms with E-state index in [2.05, 4.69) is 29.1 Å². The lowest BCUT2D eigenvalue weighted by molar-refractivity contribution is 0.252. The van der Waals surface area contributed by atoms with E-state index in [1.165, 1.54) is 12.8 Å². The molecular formula is C13H20ClN3O. The van der Waals surface area contributed by atoms with Gasteiger partial charge in [-0.05, 0) is 18.3 Å². The van der Waals surface area contributed by atoms with E-state index in [9.17, 15) is 0 Å². The summed E-state index contributed by atoms with van der Waals surface area (Å²) < 4.78 is 5.03. The topological polar surface area (TPSA) is 47.0 Å². The lowest BCUT2D eigenvalue weighted by Crippen LogP contribution is -2.35. The Morgan fingerprint density at radius 2 is 2.17 bits per heavy atom. The molecule has 1 aliphatic carbocycles. The summed E-state index contributed by atoms with van der Waals surface area (Å²) in [7, 11) is 1.55. The Morgan fingerprint density at radius 3 is 2.89 bits per heavy atom. The Labute approximate surface area is 113 Å². The second-order valence-corrected chi connectivity index (χ2v) is 5.48. The number of nitrogens with zero attached hydrogens (tertiary/aromatic N) is 2. The Morgan fingerprint density at radius 1 is 1.39 bits per heavy atom. The van der Waals surface area contributed by atoms with Gasteiger partial charge in [0.15, 0.2) is 5.82 Å². The molecule has 0 bridgehead atoms. The van der Waals surface area contributed by atoms with E-state index in [0.717, 1.165) is 12.3 Å². The molecule has 1 aromatic heterocycles. The molecule has 0 spiro atoms. The highest BCUT2D eigenvalue weighted by Crippen LogP contribution is 2.32. The number of rotatable bonds is 3. The first-order valence-electron chi connectivity index (χ1n) is 6.45. The first-order chi connectivity index (χ1) is 8.61. The zero-order valence-corrected chi connectivity index (χ0v) is 11.9. The standard InChI is InChI=1S/C13H20ClN3O/c1-8-5-4-6-11(9(8)2)16-12-10(14)7-15-13(17-12)18-3/h7-9,11H,4-6H2,1-3H3,(H,15,16,17). The first-order valence-corrected chi connectivity index (χ1v) is 6.82. The summed E-state index contributed by atoms with van der Waals surface area (Å²) >= 11 is 6.11. The van der Waals surface area contributed by atoms with Crippen molar-refractivity contribution < 1.29 is 4.74 Å². The number of anilines is 1. The highest BCUT2D eigenvalue weighted by atomic mass is 35.5. The molecule has 3 atom stereocenters. The summed E-state index contributed by atoms with van der Waals surface area (Å²) in [6.45, 7) is 4.59. The van der Waals surface area contributed by atoms with Gasteiger partial charge in [-0.25, -0.2) is 4.98 Å². The van der Waals surface area contributed by atoms with Crippen LogP contribution in [0, 0.1) is 11.8 Å². The van der Waals surface area contributed by atoms with Crippen LogP contribution in [0.4, 0.5) is 5.82 Å². The normalized spacial score (nSPS) is 27.9. The van der Waals surface area contributed by atoms with Gasteiger partial charge >= 0.3 is 6.01 Å². The van der Waals surface area contributed by atoms with Crippen molar-refractivity contribution in [2.24, 2.45) is 11.8 Å². The predicted molar refractivity (Wildman–Crippen MR) is 73.2 cm³/mol. The van der Waals surface area contributed by atoms with E-state index < -0.39 is 0 Å². The molecule has 1 fully saturated rings. The molecule has 0 saturated heterocycles. The molecule has 3 unspecified atom stereocenters. The van der Waals surface area contributed by atoms with Crippen molar-refractivity contribution in [1.29, 1.82) is 0 Å². The lowest BCUT2D eigenvalue weighted by Gasteiger charge is -2.35. The minimum Gasteiger partial charge on any atom is -0.467 e. The van der Waals surface area contributed by atoms with Crippen LogP contribution in [0.3, 0.4) is 0 Å². The minimum absolute atomic E-state index is 0.346. The van der Waals surface area contributed by atoms with Gasteiger partial charge in [-0.3, -0.25) is 0 Å². The third-order valence-corrected chi connectivity index (χ3v) is 4.21. The molecule has 0 radical (unpaired) electrons. The summed E-state index contributed by atoms with van der Waals surface area (Å²) in [4.78, 5) is 8.25. The van der Waals surface area contributed by atoms with Crippen molar-refractivity contribution in [3.63, 3.8) is 0 Å². The molecule has 0 aliphatic heterocycles. The van der Waals surface area contributed by atoms with Crippen molar-refractivity contribution in [2.75, 3.05) is 12.4 Å². The van der Waals surface area contributed by atoms with Gasteiger partial charge < -0.3 is 10.1 Å². The molecule has 18 heavy (non-hydrogen) atoms. The third kappa shape index (κ3) is 2.86. The molecule has 1 heterocycles. The van der Waals surface area contributed by atoms with Crippen LogP contribution in [0.25, 0.3) is 0 Å². The Balaban J connectivity index is 2.12. The molecule has 4 nitrogen and oxygen atoms in total. The van der Waals surface area contributed by atoms with Gasteiger partial charge in [-0.15, -0.1) is 0 Å². The highest BCUT2D eigenvalue weighted by molar-refractivity contribution is 6.32. The van der Waals surface area contributed by atoms with Gasteiger partial charge in [0.05, 0.1) is 13.3 Å². The molecule has 2 rings (SSSR count). The zero-order valence-electron chi connectivity index (χ0n) is 11.1. The summed E-state index contributed by atoms with van der Waals surface area (Å²) in [6.07, 6.45) is 5.30. The maximum atomic E-state index is 6.11. The van der Waals surface area contributed by atoms with Gasteiger partial charge in [-0.2, -0.15) is 4.98 Å². The quantitative estimate of drug-likeness (QED) is 0.914. The van der Waals surface area contributed by atoms with Crippen molar-refractivity contribution in [1.82, 2.24) is 9.97 Å². The Kier molecular flexibility index (Phi) is 4.27. The maximum Gasteiger partial charge on any atom is 0.318 e. The highest BCUT2D eigenvalue weighted by Gasteiger charge is 2.27. The Hall–Kier alpha value is -1.03. The van der Waals surface area contributed by atoms with Gasteiger partial charge in [-0.1, -0.05) is 38.3 Å². The number of halogens is 1. The number of hydrogen-bond donors (Lipinski definition) is 1. The fourth-order valence-electron chi connectivity index (χ4n) is 2.51. The predicted octanol–water partition coefficient (Wildman–Crippen LogP) is 3.38. The second-order valence-electron chi connectivity index (χ2n) is 5.07. The van der Waals surface area contributed by atoms with E-state index in [4.69, 9.17) is 16.3 Å². The average Bonchev–Trinajstić information content (AvgIpc) is 2.37. The third-order valence-electron chi connectivity index (χ3n) is 3.93. The average molecular weight is 270 g/mol. The van der Waals surface area contributed by atoms with E-state index in [1.807, 2.05) is 0 Å². The van der Waals surface area contributed by atoms with Gasteiger partial charge in [0, 0.05) is 6.04 Å². The van der Waals surface area contributed by atoms with Crippen LogP contribution in [-0.2, 0) is 0 Å². The second kappa shape index (κ2) is 5.74. The molecule has 100 valence electrons. The Bertz CT molecular complexity index is 413. The molecule has 0 aromatic carbocycles. The lowest BCUT2D eigenvalue weighted by atomic mass is 9.78. The molecule has 0 amide bonds. The van der Waals surface area contributed by atoms with Crippen molar-refractivity contribution in [3.05, 3.63) is 11.2 Å². The van der Waals surface area contributed by atoms with Gasteiger partial charge in [0.25, 0.3) is 0 Å². The van der Waals surface area contributed by atoms with E-state index in [1.54, 1.807) is 13.3 Å². The summed E-state index contributed by atoms with van der Waals surface area (Å²) in [5.41, 5.74) is 0. The van der Waals surface area contributed by atoms with Crippen LogP contribution in [0.1, 0.15) is 33.1 Å². The summed E-state index contributed by atoms with van der Waals surface area (Å²) in [5, 5.41) is 3.98. The zero-order chi connectivity index (χ0) is 13.1. The molecule has 1 N–H and O–H groups in total. The molecule has 1 saturated carbocycles. The number of nitrogens with one attached hydrogen (secondary N) is 1. The molecular weight excluding hydrogens is 250 g/mol. The molecule has 5 heteroatoms. The van der Waals surface area contributed by atoms with E-state index in [0.29, 0.717) is 28.8 Å². The van der Waals surface area contributed by atoms with Crippen LogP contribution in [0.15, 0.2) is 6.20 Å². The number of aromatic nitrogens is 2. The van der Waals surface area contributed by atoms with Gasteiger partial charge in [0.1, 0.15) is 5.02 Å². The largest absolute Gasteiger partial charge is 0.467 e. The smallest absolute Gasteiger partial charge is 0.318 e. The summed E-state index contributed by atoms with van der Waals surface area (Å²) in [6, 6.07) is 0.768. The minimum atomic E-state index is 0.346. The van der Waals surface area contributed by atoms with Crippen LogP contribution in [0.5, 0.6) is 6.01 Å². The van der Waals surface area contributed by atoms with Crippen LogP contribution in [0.2, 0.25) is 5.02 Å². The number of methoxy groups -OCH3 is 1. The van der Waals surface area contributed by atoms with Crippen molar-refractivity contribution in [3.8, 4) is 6.01 Å². The van der Waals surface area contributed by atoms with Crippen LogP contribution >= 0.6 is 11.6 Å². The number of ether oxygens (including phenoxy) is 1. The number of hydrogen-bond acceptors (Lipinski definition) is 4. The van der Waals surface area contributed by atoms with E-state index in [-0.39, 0.29) is 0 Å².